The van der Waals surface area contributed by atoms with Gasteiger partial charge in [0.25, 0.3) is 5.91 Å². The van der Waals surface area contributed by atoms with Crippen molar-refractivity contribution >= 4 is 11.6 Å². The van der Waals surface area contributed by atoms with E-state index in [0.717, 1.165) is 37.2 Å². The lowest BCUT2D eigenvalue weighted by molar-refractivity contribution is 0.102. The van der Waals surface area contributed by atoms with Gasteiger partial charge >= 0.3 is 0 Å². The Morgan fingerprint density at radius 2 is 2.08 bits per heavy atom. The van der Waals surface area contributed by atoms with Crippen LogP contribution >= 0.6 is 0 Å². The van der Waals surface area contributed by atoms with Crippen LogP contribution < -0.4 is 15.4 Å². The summed E-state index contributed by atoms with van der Waals surface area (Å²) in [5.74, 6) is 0.355. The van der Waals surface area contributed by atoms with Crippen molar-refractivity contribution in [3.8, 4) is 5.75 Å². The van der Waals surface area contributed by atoms with Gasteiger partial charge in [0.2, 0.25) is 0 Å². The zero-order valence-electron chi connectivity index (χ0n) is 14.3. The highest BCUT2D eigenvalue weighted by Crippen LogP contribution is 2.26. The van der Waals surface area contributed by atoms with Crippen molar-refractivity contribution in [2.24, 2.45) is 0 Å². The van der Waals surface area contributed by atoms with Crippen molar-refractivity contribution < 1.29 is 9.53 Å². The van der Waals surface area contributed by atoms with Gasteiger partial charge in [-0.1, -0.05) is 11.3 Å². The molecule has 7 heteroatoms. The summed E-state index contributed by atoms with van der Waals surface area (Å²) in [6.45, 7) is 5.79. The number of piperidine rings is 1. The largest absolute Gasteiger partial charge is 0.495 e. The molecule has 1 amide bonds. The van der Waals surface area contributed by atoms with E-state index in [-0.39, 0.29) is 5.91 Å². The summed E-state index contributed by atoms with van der Waals surface area (Å²) in [5.41, 5.74) is 2.84. The fourth-order valence-electron chi connectivity index (χ4n) is 3.05. The number of nitrogens with one attached hydrogen (secondary N) is 2. The molecule has 0 radical (unpaired) electrons. The third kappa shape index (κ3) is 3.26. The predicted octanol–water partition coefficient (Wildman–Crippen LogP) is 2.08. The quantitative estimate of drug-likeness (QED) is 0.897. The molecular weight excluding hydrogens is 306 g/mol. The molecule has 0 unspecified atom stereocenters. The topological polar surface area (TPSA) is 81.1 Å². The van der Waals surface area contributed by atoms with E-state index < -0.39 is 0 Å². The summed E-state index contributed by atoms with van der Waals surface area (Å²) in [5, 5.41) is 14.5. The van der Waals surface area contributed by atoms with Gasteiger partial charge in [0.05, 0.1) is 24.5 Å². The second-order valence-corrected chi connectivity index (χ2v) is 6.11. The molecule has 128 valence electrons. The fraction of sp³-hybridized carbons (Fsp3) is 0.471. The van der Waals surface area contributed by atoms with E-state index in [1.165, 1.54) is 0 Å². The normalized spacial score (nSPS) is 15.3. The molecule has 1 aromatic heterocycles. The molecule has 1 aliphatic rings. The molecule has 2 aromatic rings. The standard InChI is InChI=1S/C17H23N5O2/c1-11-4-5-15(24-3)14(10-11)19-17(23)16-12(2)22(21-20-16)13-6-8-18-9-7-13/h4-5,10,13,18H,6-9H2,1-3H3,(H,19,23). The van der Waals surface area contributed by atoms with Gasteiger partial charge in [-0.15, -0.1) is 5.10 Å². The number of aromatic nitrogens is 3. The van der Waals surface area contributed by atoms with Crippen LogP contribution in [0.3, 0.4) is 0 Å². The Labute approximate surface area is 141 Å². The summed E-state index contributed by atoms with van der Waals surface area (Å²) in [6, 6.07) is 5.95. The molecule has 0 spiro atoms. The molecule has 3 rings (SSSR count). The van der Waals surface area contributed by atoms with Crippen LogP contribution in [0.4, 0.5) is 5.69 Å². The summed E-state index contributed by atoms with van der Waals surface area (Å²) in [7, 11) is 1.58. The van der Waals surface area contributed by atoms with Crippen molar-refractivity contribution in [1.29, 1.82) is 0 Å². The number of anilines is 1. The summed E-state index contributed by atoms with van der Waals surface area (Å²) in [6.07, 6.45) is 1.99. The number of benzene rings is 1. The van der Waals surface area contributed by atoms with Crippen LogP contribution in [-0.2, 0) is 0 Å². The van der Waals surface area contributed by atoms with Crippen LogP contribution in [0.2, 0.25) is 0 Å². The van der Waals surface area contributed by atoms with E-state index in [4.69, 9.17) is 4.74 Å². The second kappa shape index (κ2) is 7.00. The molecule has 0 saturated carbocycles. The van der Waals surface area contributed by atoms with E-state index in [9.17, 15) is 4.79 Å². The van der Waals surface area contributed by atoms with Gasteiger partial charge < -0.3 is 15.4 Å². The first kappa shape index (κ1) is 16.4. The average Bonchev–Trinajstić information content (AvgIpc) is 2.97. The number of methoxy groups -OCH3 is 1. The second-order valence-electron chi connectivity index (χ2n) is 6.11. The van der Waals surface area contributed by atoms with Crippen LogP contribution in [0.25, 0.3) is 0 Å². The Morgan fingerprint density at radius 1 is 1.33 bits per heavy atom. The van der Waals surface area contributed by atoms with Crippen molar-refractivity contribution in [3.05, 3.63) is 35.2 Å². The van der Waals surface area contributed by atoms with Crippen LogP contribution in [0.1, 0.15) is 40.6 Å². The first-order chi connectivity index (χ1) is 11.6. The smallest absolute Gasteiger partial charge is 0.278 e. The lowest BCUT2D eigenvalue weighted by Crippen LogP contribution is -2.30. The molecule has 1 aromatic carbocycles. The summed E-state index contributed by atoms with van der Waals surface area (Å²) in [4.78, 5) is 12.6. The van der Waals surface area contributed by atoms with E-state index in [0.29, 0.717) is 23.2 Å². The van der Waals surface area contributed by atoms with Gasteiger partial charge in [0.1, 0.15) is 5.75 Å². The average molecular weight is 329 g/mol. The molecule has 2 heterocycles. The van der Waals surface area contributed by atoms with Crippen LogP contribution in [0.15, 0.2) is 18.2 Å². The maximum Gasteiger partial charge on any atom is 0.278 e. The highest BCUT2D eigenvalue weighted by atomic mass is 16.5. The Kier molecular flexibility index (Phi) is 4.80. The highest BCUT2D eigenvalue weighted by molar-refractivity contribution is 6.04. The van der Waals surface area contributed by atoms with Crippen LogP contribution in [0.5, 0.6) is 5.75 Å². The first-order valence-corrected chi connectivity index (χ1v) is 8.18. The molecule has 24 heavy (non-hydrogen) atoms. The highest BCUT2D eigenvalue weighted by Gasteiger charge is 2.23. The number of hydrogen-bond acceptors (Lipinski definition) is 5. The van der Waals surface area contributed by atoms with Crippen molar-refractivity contribution in [2.75, 3.05) is 25.5 Å². The Bertz CT molecular complexity index is 735. The Morgan fingerprint density at radius 3 is 2.79 bits per heavy atom. The van der Waals surface area contributed by atoms with Gasteiger partial charge in [0, 0.05) is 0 Å². The molecule has 0 atom stereocenters. The molecule has 7 nitrogen and oxygen atoms in total. The van der Waals surface area contributed by atoms with Gasteiger partial charge in [-0.2, -0.15) is 0 Å². The molecule has 1 aliphatic heterocycles. The lowest BCUT2D eigenvalue weighted by Gasteiger charge is -2.23. The zero-order chi connectivity index (χ0) is 17.1. The number of carbonyl (C=O) groups is 1. The SMILES string of the molecule is COc1ccc(C)cc1NC(=O)c1nnn(C2CCNCC2)c1C. The number of hydrogen-bond donors (Lipinski definition) is 2. The molecular formula is C17H23N5O2. The number of rotatable bonds is 4. The first-order valence-electron chi connectivity index (χ1n) is 8.18. The molecule has 1 fully saturated rings. The van der Waals surface area contributed by atoms with Gasteiger partial charge in [-0.25, -0.2) is 4.68 Å². The molecule has 1 saturated heterocycles. The van der Waals surface area contributed by atoms with Crippen molar-refractivity contribution in [2.45, 2.75) is 32.7 Å². The van der Waals surface area contributed by atoms with Crippen molar-refractivity contribution in [1.82, 2.24) is 20.3 Å². The maximum absolute atomic E-state index is 12.6. The van der Waals surface area contributed by atoms with Gasteiger partial charge in [0.15, 0.2) is 5.69 Å². The van der Waals surface area contributed by atoms with Crippen LogP contribution in [-0.4, -0.2) is 41.1 Å². The van der Waals surface area contributed by atoms with Crippen molar-refractivity contribution in [3.63, 3.8) is 0 Å². The molecule has 2 N–H and O–H groups in total. The minimum atomic E-state index is -0.267. The summed E-state index contributed by atoms with van der Waals surface area (Å²) >= 11 is 0. The number of ether oxygens (including phenoxy) is 1. The number of carbonyl (C=O) groups excluding carboxylic acids is 1. The minimum Gasteiger partial charge on any atom is -0.495 e. The van der Waals surface area contributed by atoms with E-state index in [1.54, 1.807) is 7.11 Å². The van der Waals surface area contributed by atoms with E-state index >= 15 is 0 Å². The maximum atomic E-state index is 12.6. The monoisotopic (exact) mass is 329 g/mol. The number of nitrogens with zero attached hydrogens (tertiary/aromatic N) is 3. The fourth-order valence-corrected chi connectivity index (χ4v) is 3.05. The number of amides is 1. The molecule has 0 bridgehead atoms. The third-order valence-electron chi connectivity index (χ3n) is 4.40. The Balaban J connectivity index is 1.81. The molecule has 0 aliphatic carbocycles. The minimum absolute atomic E-state index is 0.267. The van der Waals surface area contributed by atoms with Gasteiger partial charge in [-0.05, 0) is 57.5 Å². The Hall–Kier alpha value is -2.41. The zero-order valence-corrected chi connectivity index (χ0v) is 14.3. The van der Waals surface area contributed by atoms with E-state index in [1.807, 2.05) is 36.7 Å². The summed E-state index contributed by atoms with van der Waals surface area (Å²) < 4.78 is 7.18. The lowest BCUT2D eigenvalue weighted by atomic mass is 10.1. The third-order valence-corrected chi connectivity index (χ3v) is 4.40. The number of aryl methyl sites for hydroxylation is 1. The van der Waals surface area contributed by atoms with E-state index in [2.05, 4.69) is 20.9 Å². The van der Waals surface area contributed by atoms with Gasteiger partial charge in [-0.3, -0.25) is 4.79 Å². The predicted molar refractivity (Wildman–Crippen MR) is 91.6 cm³/mol. The van der Waals surface area contributed by atoms with Crippen LogP contribution in [0, 0.1) is 13.8 Å².